The molecule has 0 N–H and O–H groups in total. The first-order valence-corrected chi connectivity index (χ1v) is 11.4. The zero-order valence-corrected chi connectivity index (χ0v) is 18.2. The highest BCUT2D eigenvalue weighted by molar-refractivity contribution is 5.45. The van der Waals surface area contributed by atoms with Gasteiger partial charge in [-0.25, -0.2) is 0 Å². The van der Waals surface area contributed by atoms with E-state index in [4.69, 9.17) is 0 Å². The van der Waals surface area contributed by atoms with Crippen LogP contribution in [0.3, 0.4) is 0 Å². The van der Waals surface area contributed by atoms with Crippen molar-refractivity contribution in [3.05, 3.63) is 65.2 Å². The number of benzene rings is 2. The van der Waals surface area contributed by atoms with Gasteiger partial charge in [-0.1, -0.05) is 63.0 Å². The predicted octanol–water partition coefficient (Wildman–Crippen LogP) is 8.23. The molecule has 0 aromatic heterocycles. The van der Waals surface area contributed by atoms with Crippen LogP contribution in [0.15, 0.2) is 48.5 Å². The quantitative estimate of drug-likeness (QED) is 0.319. The Morgan fingerprint density at radius 1 is 0.806 bits per heavy atom. The minimum absolute atomic E-state index is 0.238. The van der Waals surface area contributed by atoms with E-state index >= 15 is 0 Å². The lowest BCUT2D eigenvalue weighted by atomic mass is 9.77. The molecular weight excluding hydrogens is 397 g/mol. The Kier molecular flexibility index (Phi) is 8.46. The predicted molar refractivity (Wildman–Crippen MR) is 119 cm³/mol. The monoisotopic (exact) mass is 428 g/mol. The topological polar surface area (TPSA) is 9.23 Å². The molecule has 2 aromatic rings. The highest BCUT2D eigenvalue weighted by Gasteiger charge is 2.30. The fourth-order valence-corrected chi connectivity index (χ4v) is 4.37. The lowest BCUT2D eigenvalue weighted by Gasteiger charge is -2.29. The molecule has 166 valence electrons. The van der Waals surface area contributed by atoms with Gasteiger partial charge in [-0.15, -0.1) is 13.2 Å². The van der Waals surface area contributed by atoms with Gasteiger partial charge in [-0.3, -0.25) is 0 Å². The summed E-state index contributed by atoms with van der Waals surface area (Å²) in [4.78, 5) is 0. The van der Waals surface area contributed by atoms with Gasteiger partial charge in [-0.05, 0) is 79.5 Å². The summed E-state index contributed by atoms with van der Waals surface area (Å²) in [6.07, 6.45) is 7.37. The van der Waals surface area contributed by atoms with E-state index in [-0.39, 0.29) is 5.75 Å². The Balaban J connectivity index is 1.49. The Labute approximate surface area is 184 Å². The lowest BCUT2D eigenvalue weighted by Crippen LogP contribution is -2.16. The van der Waals surface area contributed by atoms with Crippen molar-refractivity contribution >= 4 is 0 Å². The molecule has 0 bridgehead atoms. The molecule has 1 saturated carbocycles. The minimum Gasteiger partial charge on any atom is -0.406 e. The standard InChI is InChI=1S/C27H31F3O/c1-2-3-4-5-6-21-9-15-24(16-10-21)25-17-11-22(12-18-25)7-8-23-13-19-26(20-14-23)31-27(28,29)30/h11-14,17-21,24H,2-6,9-10,15-16H2,1H3/t21-,24-. The van der Waals surface area contributed by atoms with Crippen molar-refractivity contribution in [2.45, 2.75) is 77.0 Å². The first-order chi connectivity index (χ1) is 14.9. The van der Waals surface area contributed by atoms with E-state index in [1.165, 1.54) is 87.6 Å². The van der Waals surface area contributed by atoms with Crippen LogP contribution in [-0.2, 0) is 0 Å². The number of alkyl halides is 3. The molecule has 0 heterocycles. The van der Waals surface area contributed by atoms with Gasteiger partial charge in [0.1, 0.15) is 5.75 Å². The van der Waals surface area contributed by atoms with E-state index in [2.05, 4.69) is 35.6 Å². The summed E-state index contributed by atoms with van der Waals surface area (Å²) in [5.74, 6) is 7.40. The molecule has 1 aliphatic rings. The molecule has 3 rings (SSSR count). The molecule has 1 fully saturated rings. The van der Waals surface area contributed by atoms with Gasteiger partial charge in [0.25, 0.3) is 0 Å². The van der Waals surface area contributed by atoms with Crippen molar-refractivity contribution in [2.24, 2.45) is 5.92 Å². The van der Waals surface area contributed by atoms with Crippen LogP contribution in [0.5, 0.6) is 5.75 Å². The second-order valence-electron chi connectivity index (χ2n) is 8.51. The molecule has 0 atom stereocenters. The van der Waals surface area contributed by atoms with Crippen LogP contribution >= 0.6 is 0 Å². The van der Waals surface area contributed by atoms with E-state index in [1.54, 1.807) is 0 Å². The number of hydrogen-bond acceptors (Lipinski definition) is 1. The van der Waals surface area contributed by atoms with E-state index < -0.39 is 6.36 Å². The summed E-state index contributed by atoms with van der Waals surface area (Å²) >= 11 is 0. The third-order valence-corrected chi connectivity index (χ3v) is 6.13. The molecule has 1 aliphatic carbocycles. The Bertz CT molecular complexity index is 849. The summed E-state index contributed by atoms with van der Waals surface area (Å²) in [7, 11) is 0. The summed E-state index contributed by atoms with van der Waals surface area (Å²) in [5.41, 5.74) is 2.95. The fraction of sp³-hybridized carbons (Fsp3) is 0.481. The number of ether oxygens (including phenoxy) is 1. The summed E-state index contributed by atoms with van der Waals surface area (Å²) in [6, 6.07) is 14.1. The Morgan fingerprint density at radius 2 is 1.39 bits per heavy atom. The molecule has 4 heteroatoms. The molecule has 0 amide bonds. The third-order valence-electron chi connectivity index (χ3n) is 6.13. The SMILES string of the molecule is CCCCCC[C@H]1CC[C@H](c2ccc(C#Cc3ccc(OC(F)(F)F)cc3)cc2)CC1. The normalized spacial score (nSPS) is 18.8. The van der Waals surface area contributed by atoms with Gasteiger partial charge in [0.15, 0.2) is 0 Å². The summed E-state index contributed by atoms with van der Waals surface area (Å²) in [6.45, 7) is 2.26. The maximum atomic E-state index is 12.2. The van der Waals surface area contributed by atoms with E-state index in [0.29, 0.717) is 11.5 Å². The molecule has 0 aliphatic heterocycles. The Morgan fingerprint density at radius 3 is 1.94 bits per heavy atom. The average Bonchev–Trinajstić information content (AvgIpc) is 2.76. The van der Waals surface area contributed by atoms with Crippen LogP contribution in [-0.4, -0.2) is 6.36 Å². The van der Waals surface area contributed by atoms with E-state index in [9.17, 15) is 13.2 Å². The summed E-state index contributed by atoms with van der Waals surface area (Å²) < 4.78 is 40.5. The van der Waals surface area contributed by atoms with Gasteiger partial charge < -0.3 is 4.74 Å². The van der Waals surface area contributed by atoms with Crippen LogP contribution in [0.2, 0.25) is 0 Å². The first kappa shape index (κ1) is 23.3. The molecule has 1 nitrogen and oxygen atoms in total. The highest BCUT2D eigenvalue weighted by Crippen LogP contribution is 2.37. The van der Waals surface area contributed by atoms with Crippen molar-refractivity contribution in [3.8, 4) is 17.6 Å². The zero-order chi connectivity index (χ0) is 22.1. The zero-order valence-electron chi connectivity index (χ0n) is 18.2. The maximum Gasteiger partial charge on any atom is 0.573 e. The van der Waals surface area contributed by atoms with Crippen LogP contribution in [0, 0.1) is 17.8 Å². The van der Waals surface area contributed by atoms with Gasteiger partial charge in [0.05, 0.1) is 0 Å². The number of hydrogen-bond donors (Lipinski definition) is 0. The smallest absolute Gasteiger partial charge is 0.406 e. The molecule has 0 spiro atoms. The van der Waals surface area contributed by atoms with Gasteiger partial charge in [-0.2, -0.15) is 0 Å². The molecule has 2 aromatic carbocycles. The molecule has 0 unspecified atom stereocenters. The first-order valence-electron chi connectivity index (χ1n) is 11.4. The van der Waals surface area contributed by atoms with Crippen molar-refractivity contribution < 1.29 is 17.9 Å². The van der Waals surface area contributed by atoms with Crippen molar-refractivity contribution in [2.75, 3.05) is 0 Å². The van der Waals surface area contributed by atoms with Crippen LogP contribution < -0.4 is 4.74 Å². The van der Waals surface area contributed by atoms with E-state index in [1.807, 2.05) is 12.1 Å². The lowest BCUT2D eigenvalue weighted by molar-refractivity contribution is -0.274. The number of rotatable bonds is 7. The van der Waals surface area contributed by atoms with Crippen molar-refractivity contribution in [3.63, 3.8) is 0 Å². The minimum atomic E-state index is -4.68. The van der Waals surface area contributed by atoms with Gasteiger partial charge >= 0.3 is 6.36 Å². The van der Waals surface area contributed by atoms with Crippen LogP contribution in [0.25, 0.3) is 0 Å². The van der Waals surface area contributed by atoms with Crippen LogP contribution in [0.4, 0.5) is 13.2 Å². The molecule has 31 heavy (non-hydrogen) atoms. The Hall–Kier alpha value is -2.41. The molecule has 0 saturated heterocycles. The van der Waals surface area contributed by atoms with Crippen molar-refractivity contribution in [1.29, 1.82) is 0 Å². The van der Waals surface area contributed by atoms with Crippen LogP contribution in [0.1, 0.15) is 87.3 Å². The largest absolute Gasteiger partial charge is 0.573 e. The molecule has 0 radical (unpaired) electrons. The number of unbranched alkanes of at least 4 members (excludes halogenated alkanes) is 3. The maximum absolute atomic E-state index is 12.2. The van der Waals surface area contributed by atoms with Gasteiger partial charge in [0, 0.05) is 11.1 Å². The number of halogens is 3. The fourth-order valence-electron chi connectivity index (χ4n) is 4.37. The summed E-state index contributed by atoms with van der Waals surface area (Å²) in [5, 5.41) is 0. The van der Waals surface area contributed by atoms with Crippen molar-refractivity contribution in [1.82, 2.24) is 0 Å². The average molecular weight is 429 g/mol. The highest BCUT2D eigenvalue weighted by atomic mass is 19.4. The molecular formula is C27H31F3O. The third kappa shape index (κ3) is 7.98. The van der Waals surface area contributed by atoms with Gasteiger partial charge in [0.2, 0.25) is 0 Å². The van der Waals surface area contributed by atoms with E-state index in [0.717, 1.165) is 11.5 Å². The second-order valence-corrected chi connectivity index (χ2v) is 8.51. The second kappa shape index (κ2) is 11.3.